The first-order valence-electron chi connectivity index (χ1n) is 12.7. The van der Waals surface area contributed by atoms with Gasteiger partial charge in [-0.05, 0) is 94.4 Å². The summed E-state index contributed by atoms with van der Waals surface area (Å²) in [7, 11) is 0. The Morgan fingerprint density at radius 2 is 1.69 bits per heavy atom. The van der Waals surface area contributed by atoms with Gasteiger partial charge in [0.25, 0.3) is 5.91 Å². The lowest BCUT2D eigenvalue weighted by atomic mass is 9.93. The first kappa shape index (κ1) is 25.1. The van der Waals surface area contributed by atoms with Gasteiger partial charge in [-0.3, -0.25) is 14.5 Å². The molecule has 0 saturated carbocycles. The lowest BCUT2D eigenvalue weighted by Crippen LogP contribution is -2.43. The lowest BCUT2D eigenvalue weighted by molar-refractivity contribution is -0.149. The summed E-state index contributed by atoms with van der Waals surface area (Å²) in [6.45, 7) is 12.4. The molecule has 0 unspecified atom stereocenters. The molecule has 1 atom stereocenters. The third-order valence-corrected chi connectivity index (χ3v) is 7.37. The molecule has 2 heterocycles. The van der Waals surface area contributed by atoms with Gasteiger partial charge in [-0.15, -0.1) is 0 Å². The summed E-state index contributed by atoms with van der Waals surface area (Å²) in [5.41, 5.74) is 8.01. The number of benzene rings is 2. The summed E-state index contributed by atoms with van der Waals surface area (Å²) >= 11 is 0. The number of carbonyl (C=O) groups excluding carboxylic acids is 2. The summed E-state index contributed by atoms with van der Waals surface area (Å²) in [6, 6.07) is 12.7. The van der Waals surface area contributed by atoms with Crippen LogP contribution in [0.3, 0.4) is 0 Å². The van der Waals surface area contributed by atoms with Gasteiger partial charge in [0.05, 0.1) is 30.8 Å². The fourth-order valence-electron chi connectivity index (χ4n) is 5.05. The van der Waals surface area contributed by atoms with Crippen molar-refractivity contribution in [3.05, 3.63) is 69.8 Å². The number of likely N-dealkylation sites (tertiary alicyclic amines) is 1. The van der Waals surface area contributed by atoms with Gasteiger partial charge in [-0.1, -0.05) is 35.9 Å². The second-order valence-electron chi connectivity index (χ2n) is 9.97. The highest BCUT2D eigenvalue weighted by Gasteiger charge is 2.35. The second kappa shape index (κ2) is 10.7. The average Bonchev–Trinajstić information content (AvgIpc) is 3.28. The third-order valence-electron chi connectivity index (χ3n) is 7.37. The van der Waals surface area contributed by atoms with E-state index >= 15 is 0 Å². The van der Waals surface area contributed by atoms with E-state index in [-0.39, 0.29) is 23.8 Å². The van der Waals surface area contributed by atoms with E-state index in [1.165, 1.54) is 22.3 Å². The SMILES string of the molecule is CCOC(=O)C1CCN(CC(=O)N2N=C(c3ccc(C)c(C)c3)C[C@H]2c2cc(C)ccc2C)CC1. The summed E-state index contributed by atoms with van der Waals surface area (Å²) in [5.74, 6) is -0.176. The van der Waals surface area contributed by atoms with Gasteiger partial charge in [-0.25, -0.2) is 5.01 Å². The molecule has 2 aliphatic heterocycles. The largest absolute Gasteiger partial charge is 0.466 e. The quantitative estimate of drug-likeness (QED) is 0.559. The molecule has 1 amide bonds. The molecule has 6 heteroatoms. The third kappa shape index (κ3) is 5.64. The highest BCUT2D eigenvalue weighted by molar-refractivity contribution is 6.03. The van der Waals surface area contributed by atoms with Crippen LogP contribution < -0.4 is 0 Å². The number of rotatable bonds is 6. The molecule has 0 spiro atoms. The Bertz CT molecular complexity index is 1130. The van der Waals surface area contributed by atoms with Crippen molar-refractivity contribution in [3.8, 4) is 0 Å². The molecular weight excluding hydrogens is 438 g/mol. The summed E-state index contributed by atoms with van der Waals surface area (Å²) in [6.07, 6.45) is 2.15. The van der Waals surface area contributed by atoms with Crippen LogP contribution in [-0.2, 0) is 14.3 Å². The number of carbonyl (C=O) groups is 2. The molecule has 0 aromatic heterocycles. The Kier molecular flexibility index (Phi) is 7.70. The van der Waals surface area contributed by atoms with Crippen molar-refractivity contribution in [2.75, 3.05) is 26.2 Å². The van der Waals surface area contributed by atoms with Crippen molar-refractivity contribution in [1.82, 2.24) is 9.91 Å². The molecule has 186 valence electrons. The van der Waals surface area contributed by atoms with E-state index < -0.39 is 0 Å². The van der Waals surface area contributed by atoms with Crippen molar-refractivity contribution < 1.29 is 14.3 Å². The zero-order chi connectivity index (χ0) is 25.1. The Labute approximate surface area is 209 Å². The number of piperidine rings is 1. The first-order valence-corrected chi connectivity index (χ1v) is 12.7. The summed E-state index contributed by atoms with van der Waals surface area (Å²) < 4.78 is 5.18. The maximum atomic E-state index is 13.6. The van der Waals surface area contributed by atoms with Gasteiger partial charge < -0.3 is 4.74 Å². The predicted molar refractivity (Wildman–Crippen MR) is 138 cm³/mol. The number of ether oxygens (including phenoxy) is 1. The van der Waals surface area contributed by atoms with E-state index in [0.29, 0.717) is 32.7 Å². The minimum atomic E-state index is -0.115. The molecule has 4 rings (SSSR count). The number of hydrogen-bond donors (Lipinski definition) is 0. The first-order chi connectivity index (χ1) is 16.8. The molecule has 0 bridgehead atoms. The van der Waals surface area contributed by atoms with Crippen LogP contribution in [0.4, 0.5) is 0 Å². The standard InChI is InChI=1S/C29H37N3O3/c1-6-35-29(34)23-11-13-31(14-12-23)18-28(33)32-27(25-15-19(2)7-8-21(25)4)17-26(30-32)24-10-9-20(3)22(5)16-24/h7-10,15-16,23,27H,6,11-14,17-18H2,1-5H3/t27-/m0/s1. The predicted octanol–water partition coefficient (Wildman–Crippen LogP) is 4.87. The lowest BCUT2D eigenvalue weighted by Gasteiger charge is -2.32. The highest BCUT2D eigenvalue weighted by atomic mass is 16.5. The van der Waals surface area contributed by atoms with Crippen molar-refractivity contribution in [2.45, 2.75) is 59.9 Å². The van der Waals surface area contributed by atoms with Gasteiger partial charge in [-0.2, -0.15) is 5.10 Å². The van der Waals surface area contributed by atoms with Gasteiger partial charge in [0.2, 0.25) is 0 Å². The van der Waals surface area contributed by atoms with Gasteiger partial charge in [0, 0.05) is 6.42 Å². The minimum Gasteiger partial charge on any atom is -0.466 e. The molecule has 0 radical (unpaired) electrons. The Hall–Kier alpha value is -2.99. The van der Waals surface area contributed by atoms with Crippen molar-refractivity contribution in [3.63, 3.8) is 0 Å². The van der Waals surface area contributed by atoms with Gasteiger partial charge >= 0.3 is 5.97 Å². The fraction of sp³-hybridized carbons (Fsp3) is 0.483. The van der Waals surface area contributed by atoms with Crippen LogP contribution in [0.15, 0.2) is 41.5 Å². The number of nitrogens with zero attached hydrogens (tertiary/aromatic N) is 3. The zero-order valence-electron chi connectivity index (χ0n) is 21.6. The summed E-state index contributed by atoms with van der Waals surface area (Å²) in [4.78, 5) is 27.8. The molecule has 2 aromatic carbocycles. The second-order valence-corrected chi connectivity index (χ2v) is 9.97. The molecule has 0 aliphatic carbocycles. The average molecular weight is 476 g/mol. The Balaban J connectivity index is 1.54. The maximum Gasteiger partial charge on any atom is 0.309 e. The molecule has 6 nitrogen and oxygen atoms in total. The van der Waals surface area contributed by atoms with Gasteiger partial charge in [0.15, 0.2) is 0 Å². The Morgan fingerprint density at radius 1 is 0.971 bits per heavy atom. The van der Waals surface area contributed by atoms with E-state index in [4.69, 9.17) is 9.84 Å². The Morgan fingerprint density at radius 3 is 2.37 bits per heavy atom. The number of hydrazone groups is 1. The highest BCUT2D eigenvalue weighted by Crippen LogP contribution is 2.35. The normalized spacial score (nSPS) is 19.1. The van der Waals surface area contributed by atoms with Crippen molar-refractivity contribution in [2.24, 2.45) is 11.0 Å². The van der Waals surface area contributed by atoms with Crippen molar-refractivity contribution >= 4 is 17.6 Å². The van der Waals surface area contributed by atoms with E-state index in [2.05, 4.69) is 69.0 Å². The number of amides is 1. The monoisotopic (exact) mass is 475 g/mol. The van der Waals surface area contributed by atoms with Crippen LogP contribution in [0.5, 0.6) is 0 Å². The van der Waals surface area contributed by atoms with E-state index in [1.54, 1.807) is 5.01 Å². The maximum absolute atomic E-state index is 13.6. The van der Waals surface area contributed by atoms with Crippen LogP contribution in [0, 0.1) is 33.6 Å². The number of esters is 1. The number of aryl methyl sites for hydroxylation is 4. The summed E-state index contributed by atoms with van der Waals surface area (Å²) in [5, 5.41) is 6.60. The van der Waals surface area contributed by atoms with Crippen LogP contribution in [-0.4, -0.2) is 53.7 Å². The molecule has 2 aromatic rings. The fourth-order valence-corrected chi connectivity index (χ4v) is 5.05. The zero-order valence-corrected chi connectivity index (χ0v) is 21.6. The number of hydrogen-bond acceptors (Lipinski definition) is 5. The molecule has 1 fully saturated rings. The topological polar surface area (TPSA) is 62.2 Å². The van der Waals surface area contributed by atoms with Crippen LogP contribution in [0.1, 0.15) is 65.6 Å². The smallest absolute Gasteiger partial charge is 0.309 e. The molecule has 35 heavy (non-hydrogen) atoms. The van der Waals surface area contributed by atoms with Crippen LogP contribution >= 0.6 is 0 Å². The molecule has 1 saturated heterocycles. The van der Waals surface area contributed by atoms with Crippen LogP contribution in [0.2, 0.25) is 0 Å². The molecule has 2 aliphatic rings. The van der Waals surface area contributed by atoms with E-state index in [9.17, 15) is 9.59 Å². The van der Waals surface area contributed by atoms with E-state index in [1.807, 2.05) is 6.92 Å². The van der Waals surface area contributed by atoms with Gasteiger partial charge in [0.1, 0.15) is 0 Å². The molecule has 0 N–H and O–H groups in total. The van der Waals surface area contributed by atoms with Crippen molar-refractivity contribution in [1.29, 1.82) is 0 Å². The van der Waals surface area contributed by atoms with Crippen LogP contribution in [0.25, 0.3) is 0 Å². The molecular formula is C29H37N3O3. The van der Waals surface area contributed by atoms with E-state index in [0.717, 1.165) is 29.7 Å². The minimum absolute atomic E-state index is 0.00400.